The quantitative estimate of drug-likeness (QED) is 0.927. The summed E-state index contributed by atoms with van der Waals surface area (Å²) in [5, 5.41) is 4.09. The van der Waals surface area contributed by atoms with E-state index in [1.165, 1.54) is 12.0 Å². The Morgan fingerprint density at radius 2 is 2.19 bits per heavy atom. The van der Waals surface area contributed by atoms with Crippen LogP contribution in [0.15, 0.2) is 12.1 Å². The molecule has 0 aliphatic carbocycles. The Morgan fingerprint density at radius 3 is 2.95 bits per heavy atom. The normalized spacial score (nSPS) is 21.6. The van der Waals surface area contributed by atoms with Gasteiger partial charge in [0, 0.05) is 25.6 Å². The van der Waals surface area contributed by atoms with Crippen LogP contribution in [0.25, 0.3) is 0 Å². The molecule has 3 rings (SSSR count). The fourth-order valence-corrected chi connectivity index (χ4v) is 3.35. The Labute approximate surface area is 131 Å². The minimum Gasteiger partial charge on any atom is -0.489 e. The third-order valence-electron chi connectivity index (χ3n) is 4.20. The Bertz CT molecular complexity index is 489. The molecule has 1 N–H and O–H groups in total. The van der Waals surface area contributed by atoms with Gasteiger partial charge >= 0.3 is 0 Å². The fourth-order valence-electron chi connectivity index (χ4n) is 3.06. The van der Waals surface area contributed by atoms with E-state index in [1.807, 2.05) is 6.07 Å². The first-order valence-electron chi connectivity index (χ1n) is 7.80. The van der Waals surface area contributed by atoms with Gasteiger partial charge in [-0.3, -0.25) is 4.90 Å². The van der Waals surface area contributed by atoms with Crippen LogP contribution in [0.1, 0.15) is 25.3 Å². The van der Waals surface area contributed by atoms with Crippen LogP contribution in [0.5, 0.6) is 11.5 Å². The molecule has 1 aromatic rings. The van der Waals surface area contributed by atoms with Crippen molar-refractivity contribution in [1.82, 2.24) is 10.2 Å². The molecule has 116 valence electrons. The summed E-state index contributed by atoms with van der Waals surface area (Å²) in [4.78, 5) is 2.50. The van der Waals surface area contributed by atoms with Crippen molar-refractivity contribution in [2.24, 2.45) is 0 Å². The van der Waals surface area contributed by atoms with Crippen molar-refractivity contribution in [3.63, 3.8) is 0 Å². The summed E-state index contributed by atoms with van der Waals surface area (Å²) in [6.45, 7) is 7.70. The molecule has 0 spiro atoms. The van der Waals surface area contributed by atoms with Gasteiger partial charge in [-0.05, 0) is 37.2 Å². The van der Waals surface area contributed by atoms with Crippen LogP contribution in [0, 0.1) is 0 Å². The van der Waals surface area contributed by atoms with E-state index < -0.39 is 0 Å². The molecular weight excluding hydrogens is 288 g/mol. The lowest BCUT2D eigenvalue weighted by atomic mass is 10.1. The number of nitrogens with zero attached hydrogens (tertiary/aromatic N) is 1. The number of ether oxygens (including phenoxy) is 2. The van der Waals surface area contributed by atoms with E-state index in [2.05, 4.69) is 23.2 Å². The van der Waals surface area contributed by atoms with Gasteiger partial charge in [0.2, 0.25) is 0 Å². The zero-order valence-corrected chi connectivity index (χ0v) is 13.3. The van der Waals surface area contributed by atoms with Crippen molar-refractivity contribution in [2.45, 2.75) is 32.4 Å². The topological polar surface area (TPSA) is 33.7 Å². The highest BCUT2D eigenvalue weighted by Gasteiger charge is 2.22. The van der Waals surface area contributed by atoms with Crippen LogP contribution < -0.4 is 14.8 Å². The lowest BCUT2D eigenvalue weighted by Gasteiger charge is -2.27. The summed E-state index contributed by atoms with van der Waals surface area (Å²) < 4.78 is 11.5. The number of likely N-dealkylation sites (N-methyl/N-ethyl adjacent to an activating group) is 1. The van der Waals surface area contributed by atoms with E-state index in [0.717, 1.165) is 38.3 Å². The molecule has 1 aromatic carbocycles. The molecule has 1 saturated heterocycles. The maximum Gasteiger partial charge on any atom is 0.179 e. The number of hydrogen-bond acceptors (Lipinski definition) is 4. The molecule has 4 nitrogen and oxygen atoms in total. The highest BCUT2D eigenvalue weighted by atomic mass is 35.5. The molecule has 2 heterocycles. The highest BCUT2D eigenvalue weighted by molar-refractivity contribution is 6.32. The van der Waals surface area contributed by atoms with Crippen LogP contribution in [-0.4, -0.2) is 43.8 Å². The molecular formula is C16H23ClN2O2. The standard InChI is InChI=1S/C16H23ClN2O2/c1-2-19(13-4-5-18-10-13)11-12-8-14(17)16-15(9-12)20-6-3-7-21-16/h8-9,13,18H,2-7,10-11H2,1H3. The van der Waals surface area contributed by atoms with Crippen LogP contribution in [0.4, 0.5) is 0 Å². The number of benzene rings is 1. The van der Waals surface area contributed by atoms with Gasteiger partial charge in [-0.25, -0.2) is 0 Å². The fraction of sp³-hybridized carbons (Fsp3) is 0.625. The molecule has 1 unspecified atom stereocenters. The maximum atomic E-state index is 6.37. The molecule has 1 fully saturated rings. The lowest BCUT2D eigenvalue weighted by molar-refractivity contribution is 0.210. The average molecular weight is 311 g/mol. The van der Waals surface area contributed by atoms with E-state index in [4.69, 9.17) is 21.1 Å². The van der Waals surface area contributed by atoms with Gasteiger partial charge in [-0.15, -0.1) is 0 Å². The zero-order chi connectivity index (χ0) is 14.7. The summed E-state index contributed by atoms with van der Waals surface area (Å²) in [6.07, 6.45) is 2.11. The second-order valence-electron chi connectivity index (χ2n) is 5.67. The van der Waals surface area contributed by atoms with Crippen LogP contribution in [0.3, 0.4) is 0 Å². The van der Waals surface area contributed by atoms with E-state index in [9.17, 15) is 0 Å². The predicted octanol–water partition coefficient (Wildman–Crippen LogP) is 2.69. The Kier molecular flexibility index (Phi) is 4.88. The number of nitrogens with one attached hydrogen (secondary N) is 1. The average Bonchev–Trinajstić information content (AvgIpc) is 2.90. The highest BCUT2D eigenvalue weighted by Crippen LogP contribution is 2.38. The lowest BCUT2D eigenvalue weighted by Crippen LogP contribution is -2.36. The molecule has 21 heavy (non-hydrogen) atoms. The van der Waals surface area contributed by atoms with E-state index in [-0.39, 0.29) is 0 Å². The number of halogens is 1. The van der Waals surface area contributed by atoms with Crippen molar-refractivity contribution in [3.8, 4) is 11.5 Å². The Morgan fingerprint density at radius 1 is 1.33 bits per heavy atom. The van der Waals surface area contributed by atoms with Crippen molar-refractivity contribution in [1.29, 1.82) is 0 Å². The van der Waals surface area contributed by atoms with Gasteiger partial charge in [-0.2, -0.15) is 0 Å². The van der Waals surface area contributed by atoms with Crippen molar-refractivity contribution < 1.29 is 9.47 Å². The third kappa shape index (κ3) is 3.44. The van der Waals surface area contributed by atoms with Crippen LogP contribution in [0.2, 0.25) is 5.02 Å². The summed E-state index contributed by atoms with van der Waals surface area (Å²) in [7, 11) is 0. The van der Waals surface area contributed by atoms with E-state index >= 15 is 0 Å². The summed E-state index contributed by atoms with van der Waals surface area (Å²) in [6, 6.07) is 4.71. The maximum absolute atomic E-state index is 6.37. The molecule has 1 atom stereocenters. The van der Waals surface area contributed by atoms with Crippen molar-refractivity contribution in [3.05, 3.63) is 22.7 Å². The molecule has 0 radical (unpaired) electrons. The first-order chi connectivity index (χ1) is 10.3. The molecule has 0 aromatic heterocycles. The SMILES string of the molecule is CCN(Cc1cc(Cl)c2c(c1)OCCCO2)C1CCNC1. The summed E-state index contributed by atoms with van der Waals surface area (Å²) >= 11 is 6.37. The van der Waals surface area contributed by atoms with Gasteiger partial charge in [-0.1, -0.05) is 18.5 Å². The van der Waals surface area contributed by atoms with Gasteiger partial charge in [0.05, 0.1) is 18.2 Å². The second-order valence-corrected chi connectivity index (χ2v) is 6.07. The second kappa shape index (κ2) is 6.86. The van der Waals surface area contributed by atoms with E-state index in [1.54, 1.807) is 0 Å². The molecule has 0 amide bonds. The smallest absolute Gasteiger partial charge is 0.179 e. The number of rotatable bonds is 4. The number of hydrogen-bond donors (Lipinski definition) is 1. The Hall–Kier alpha value is -0.970. The van der Waals surface area contributed by atoms with Crippen molar-refractivity contribution in [2.75, 3.05) is 32.8 Å². The third-order valence-corrected chi connectivity index (χ3v) is 4.49. The minimum absolute atomic E-state index is 0.616. The van der Waals surface area contributed by atoms with Gasteiger partial charge in [0.15, 0.2) is 11.5 Å². The monoisotopic (exact) mass is 310 g/mol. The van der Waals surface area contributed by atoms with Gasteiger partial charge < -0.3 is 14.8 Å². The zero-order valence-electron chi connectivity index (χ0n) is 12.5. The molecule has 0 saturated carbocycles. The van der Waals surface area contributed by atoms with Crippen LogP contribution >= 0.6 is 11.6 Å². The summed E-state index contributed by atoms with van der Waals surface area (Å²) in [5.74, 6) is 1.49. The first kappa shape index (κ1) is 14.9. The van der Waals surface area contributed by atoms with Crippen LogP contribution in [-0.2, 0) is 6.54 Å². The number of fused-ring (bicyclic) bond motifs is 1. The minimum atomic E-state index is 0.616. The first-order valence-corrected chi connectivity index (χ1v) is 8.18. The largest absolute Gasteiger partial charge is 0.489 e. The summed E-state index contributed by atoms with van der Waals surface area (Å²) in [5.41, 5.74) is 1.19. The van der Waals surface area contributed by atoms with Gasteiger partial charge in [0.25, 0.3) is 0 Å². The van der Waals surface area contributed by atoms with E-state index in [0.29, 0.717) is 30.0 Å². The predicted molar refractivity (Wildman–Crippen MR) is 84.4 cm³/mol. The van der Waals surface area contributed by atoms with Crippen molar-refractivity contribution >= 4 is 11.6 Å². The Balaban J connectivity index is 1.78. The van der Waals surface area contributed by atoms with Gasteiger partial charge in [0.1, 0.15) is 0 Å². The molecule has 2 aliphatic rings. The molecule has 2 aliphatic heterocycles. The molecule has 0 bridgehead atoms. The molecule has 5 heteroatoms.